The molecule has 0 aliphatic carbocycles. The van der Waals surface area contributed by atoms with Gasteiger partial charge >= 0.3 is 0 Å². The van der Waals surface area contributed by atoms with E-state index in [1.54, 1.807) is 0 Å². The summed E-state index contributed by atoms with van der Waals surface area (Å²) in [7, 11) is 2.06. The third-order valence-corrected chi connectivity index (χ3v) is 3.91. The van der Waals surface area contributed by atoms with Gasteiger partial charge in [0.2, 0.25) is 0 Å². The van der Waals surface area contributed by atoms with E-state index in [1.165, 1.54) is 16.7 Å². The molecule has 0 saturated carbocycles. The van der Waals surface area contributed by atoms with E-state index in [-0.39, 0.29) is 0 Å². The second-order valence-electron chi connectivity index (χ2n) is 6.21. The molecule has 0 spiro atoms. The average molecular weight is 281 g/mol. The first-order valence-electron chi connectivity index (χ1n) is 7.99. The Kier molecular flexibility index (Phi) is 6.01. The molecule has 1 atom stereocenters. The summed E-state index contributed by atoms with van der Waals surface area (Å²) in [6, 6.07) is 20.2. The van der Waals surface area contributed by atoms with Crippen LogP contribution >= 0.6 is 0 Å². The zero-order valence-corrected chi connectivity index (χ0v) is 13.5. The van der Waals surface area contributed by atoms with E-state index in [9.17, 15) is 0 Å². The van der Waals surface area contributed by atoms with E-state index in [4.69, 9.17) is 0 Å². The highest BCUT2D eigenvalue weighted by molar-refractivity contribution is 5.27. The van der Waals surface area contributed by atoms with Gasteiger partial charge in [0.1, 0.15) is 0 Å². The van der Waals surface area contributed by atoms with E-state index in [0.717, 1.165) is 19.3 Å². The Balaban J connectivity index is 2.03. The van der Waals surface area contributed by atoms with Gasteiger partial charge in [-0.25, -0.2) is 0 Å². The fourth-order valence-corrected chi connectivity index (χ4v) is 2.84. The first-order chi connectivity index (χ1) is 10.2. The number of aryl methyl sites for hydroxylation is 1. The predicted molar refractivity (Wildman–Crippen MR) is 91.5 cm³/mol. The molecule has 0 aliphatic heterocycles. The predicted octanol–water partition coefficient (Wildman–Crippen LogP) is 4.78. The SMILES string of the molecule is CNC(CCc1ccccc1)c1cccc(CC(C)C)c1. The zero-order chi connectivity index (χ0) is 15.1. The smallest absolute Gasteiger partial charge is 0.0320 e. The van der Waals surface area contributed by atoms with Gasteiger partial charge in [0.05, 0.1) is 0 Å². The number of benzene rings is 2. The first-order valence-corrected chi connectivity index (χ1v) is 7.99. The van der Waals surface area contributed by atoms with Crippen molar-refractivity contribution >= 4 is 0 Å². The Morgan fingerprint density at radius 2 is 1.62 bits per heavy atom. The van der Waals surface area contributed by atoms with E-state index in [0.29, 0.717) is 12.0 Å². The molecule has 1 unspecified atom stereocenters. The Hall–Kier alpha value is -1.60. The third-order valence-electron chi connectivity index (χ3n) is 3.91. The minimum atomic E-state index is 0.428. The normalized spacial score (nSPS) is 12.6. The molecule has 112 valence electrons. The van der Waals surface area contributed by atoms with Crippen molar-refractivity contribution in [3.63, 3.8) is 0 Å². The minimum Gasteiger partial charge on any atom is -0.313 e. The molecule has 2 aromatic carbocycles. The fourth-order valence-electron chi connectivity index (χ4n) is 2.84. The van der Waals surface area contributed by atoms with E-state index in [2.05, 4.69) is 80.8 Å². The molecular weight excluding hydrogens is 254 g/mol. The first kappa shape index (κ1) is 15.8. The molecule has 21 heavy (non-hydrogen) atoms. The van der Waals surface area contributed by atoms with Crippen LogP contribution in [-0.4, -0.2) is 7.05 Å². The van der Waals surface area contributed by atoms with Crippen molar-refractivity contribution in [3.8, 4) is 0 Å². The van der Waals surface area contributed by atoms with Crippen LogP contribution in [0.5, 0.6) is 0 Å². The topological polar surface area (TPSA) is 12.0 Å². The molecular formula is C20H27N. The van der Waals surface area contributed by atoms with Crippen LogP contribution in [0.2, 0.25) is 0 Å². The van der Waals surface area contributed by atoms with Gasteiger partial charge in [-0.2, -0.15) is 0 Å². The number of rotatable bonds is 7. The summed E-state index contributed by atoms with van der Waals surface area (Å²) in [6.45, 7) is 4.55. The standard InChI is InChI=1S/C20H27N/c1-16(2)14-18-10-7-11-19(15-18)20(21-3)13-12-17-8-5-4-6-9-17/h4-11,15-16,20-21H,12-14H2,1-3H3. The monoisotopic (exact) mass is 281 g/mol. The van der Waals surface area contributed by atoms with Crippen LogP contribution in [-0.2, 0) is 12.8 Å². The third kappa shape index (κ3) is 5.02. The number of hydrogen-bond acceptors (Lipinski definition) is 1. The van der Waals surface area contributed by atoms with Gasteiger partial charge in [0.15, 0.2) is 0 Å². The lowest BCUT2D eigenvalue weighted by molar-refractivity contribution is 0.548. The maximum atomic E-state index is 3.47. The van der Waals surface area contributed by atoms with Crippen molar-refractivity contribution < 1.29 is 0 Å². The molecule has 0 fully saturated rings. The number of hydrogen-bond donors (Lipinski definition) is 1. The maximum Gasteiger partial charge on any atom is 0.0320 e. The highest BCUT2D eigenvalue weighted by atomic mass is 14.9. The van der Waals surface area contributed by atoms with E-state index >= 15 is 0 Å². The molecule has 0 radical (unpaired) electrons. The fraction of sp³-hybridized carbons (Fsp3) is 0.400. The summed E-state index contributed by atoms with van der Waals surface area (Å²) in [6.07, 6.45) is 3.40. The molecule has 1 nitrogen and oxygen atoms in total. The summed E-state index contributed by atoms with van der Waals surface area (Å²) < 4.78 is 0. The molecule has 1 N–H and O–H groups in total. The molecule has 2 rings (SSSR count). The second kappa shape index (κ2) is 7.99. The molecule has 0 aromatic heterocycles. The van der Waals surface area contributed by atoms with Gasteiger partial charge in [0, 0.05) is 6.04 Å². The Morgan fingerprint density at radius 1 is 0.905 bits per heavy atom. The quantitative estimate of drug-likeness (QED) is 0.770. The molecule has 1 heteroatoms. The average Bonchev–Trinajstić information content (AvgIpc) is 2.49. The van der Waals surface area contributed by atoms with E-state index < -0.39 is 0 Å². The molecule has 0 saturated heterocycles. The van der Waals surface area contributed by atoms with Crippen LogP contribution in [0.1, 0.15) is 43.0 Å². The van der Waals surface area contributed by atoms with Crippen molar-refractivity contribution in [2.45, 2.75) is 39.2 Å². The molecule has 2 aromatic rings. The van der Waals surface area contributed by atoms with Gasteiger partial charge in [-0.1, -0.05) is 68.4 Å². The Bertz CT molecular complexity index is 531. The minimum absolute atomic E-state index is 0.428. The van der Waals surface area contributed by atoms with Gasteiger partial charge in [-0.3, -0.25) is 0 Å². The zero-order valence-electron chi connectivity index (χ0n) is 13.5. The Morgan fingerprint density at radius 3 is 2.29 bits per heavy atom. The van der Waals surface area contributed by atoms with Crippen LogP contribution < -0.4 is 5.32 Å². The molecule has 0 bridgehead atoms. The Labute approximate surface area is 129 Å². The maximum absolute atomic E-state index is 3.47. The summed E-state index contributed by atoms with van der Waals surface area (Å²) in [4.78, 5) is 0. The van der Waals surface area contributed by atoms with Crippen molar-refractivity contribution in [1.29, 1.82) is 0 Å². The van der Waals surface area contributed by atoms with E-state index in [1.807, 2.05) is 0 Å². The van der Waals surface area contributed by atoms with Gasteiger partial charge in [-0.05, 0) is 48.9 Å². The second-order valence-corrected chi connectivity index (χ2v) is 6.21. The summed E-state index contributed by atoms with van der Waals surface area (Å²) >= 11 is 0. The van der Waals surface area contributed by atoms with Crippen LogP contribution in [0.4, 0.5) is 0 Å². The van der Waals surface area contributed by atoms with Gasteiger partial charge < -0.3 is 5.32 Å². The van der Waals surface area contributed by atoms with Gasteiger partial charge in [0.25, 0.3) is 0 Å². The van der Waals surface area contributed by atoms with Crippen LogP contribution in [0, 0.1) is 5.92 Å². The van der Waals surface area contributed by atoms with Crippen LogP contribution in [0.15, 0.2) is 54.6 Å². The highest BCUT2D eigenvalue weighted by Gasteiger charge is 2.10. The lowest BCUT2D eigenvalue weighted by Crippen LogP contribution is -2.17. The summed E-state index contributed by atoms with van der Waals surface area (Å²) in [5.41, 5.74) is 4.27. The lowest BCUT2D eigenvalue weighted by Gasteiger charge is -2.18. The molecule has 0 aliphatic rings. The summed E-state index contributed by atoms with van der Waals surface area (Å²) in [5.74, 6) is 0.706. The largest absolute Gasteiger partial charge is 0.313 e. The van der Waals surface area contributed by atoms with Crippen molar-refractivity contribution in [2.24, 2.45) is 5.92 Å². The molecule has 0 amide bonds. The van der Waals surface area contributed by atoms with Crippen molar-refractivity contribution in [1.82, 2.24) is 5.32 Å². The summed E-state index contributed by atoms with van der Waals surface area (Å²) in [5, 5.41) is 3.47. The van der Waals surface area contributed by atoms with Crippen LogP contribution in [0.3, 0.4) is 0 Å². The lowest BCUT2D eigenvalue weighted by atomic mass is 9.95. The van der Waals surface area contributed by atoms with Gasteiger partial charge in [-0.15, -0.1) is 0 Å². The molecule has 0 heterocycles. The van der Waals surface area contributed by atoms with Crippen molar-refractivity contribution in [3.05, 3.63) is 71.3 Å². The highest BCUT2D eigenvalue weighted by Crippen LogP contribution is 2.21. The number of nitrogens with one attached hydrogen (secondary N) is 1. The van der Waals surface area contributed by atoms with Crippen molar-refractivity contribution in [2.75, 3.05) is 7.05 Å². The van der Waals surface area contributed by atoms with Crippen LogP contribution in [0.25, 0.3) is 0 Å².